The fourth-order valence-corrected chi connectivity index (χ4v) is 3.42. The van der Waals surface area contributed by atoms with Crippen LogP contribution in [0.1, 0.15) is 31.2 Å². The Morgan fingerprint density at radius 1 is 1.25 bits per heavy atom. The highest BCUT2D eigenvalue weighted by atomic mass is 19.4. The van der Waals surface area contributed by atoms with E-state index in [2.05, 4.69) is 10.6 Å². The minimum Gasteiger partial charge on any atom is -0.355 e. The van der Waals surface area contributed by atoms with Crippen molar-refractivity contribution in [2.24, 2.45) is 5.92 Å². The molecule has 130 valence electrons. The highest BCUT2D eigenvalue weighted by Crippen LogP contribution is 2.39. The Balaban J connectivity index is 1.88. The first kappa shape index (κ1) is 16.8. The number of benzene rings is 1. The average Bonchev–Trinajstić information content (AvgIpc) is 2.88. The number of hydrogen-bond donors (Lipinski definition) is 2. The Morgan fingerprint density at radius 2 is 1.92 bits per heavy atom. The molecule has 3 rings (SSSR count). The molecular weight excluding hydrogens is 321 g/mol. The van der Waals surface area contributed by atoms with E-state index >= 15 is 0 Å². The van der Waals surface area contributed by atoms with E-state index in [9.17, 15) is 22.8 Å². The summed E-state index contributed by atoms with van der Waals surface area (Å²) in [5, 5.41) is 4.78. The van der Waals surface area contributed by atoms with Gasteiger partial charge in [-0.05, 0) is 24.3 Å². The summed E-state index contributed by atoms with van der Waals surface area (Å²) in [5.41, 5.74) is -0.735. The quantitative estimate of drug-likeness (QED) is 0.884. The maximum atomic E-state index is 13.3. The van der Waals surface area contributed by atoms with Crippen LogP contribution < -0.4 is 10.6 Å². The van der Waals surface area contributed by atoms with Crippen LogP contribution in [0.5, 0.6) is 0 Å². The highest BCUT2D eigenvalue weighted by Gasteiger charge is 2.52. The smallest absolute Gasteiger partial charge is 0.355 e. The Kier molecular flexibility index (Phi) is 4.27. The van der Waals surface area contributed by atoms with Crippen LogP contribution in [-0.4, -0.2) is 30.6 Å². The SMILES string of the molecule is O=C1CC(C(=O)NC(C2CCC2)C(F)(F)F)(c2ccccc2)CN1. The fraction of sp³-hybridized carbons (Fsp3) is 0.529. The minimum atomic E-state index is -4.49. The maximum absolute atomic E-state index is 13.3. The van der Waals surface area contributed by atoms with E-state index in [1.165, 1.54) is 0 Å². The van der Waals surface area contributed by atoms with Gasteiger partial charge in [0.25, 0.3) is 0 Å². The zero-order valence-electron chi connectivity index (χ0n) is 13.0. The molecule has 2 amide bonds. The molecule has 24 heavy (non-hydrogen) atoms. The number of nitrogens with one attached hydrogen (secondary N) is 2. The molecule has 1 aromatic carbocycles. The molecule has 1 aliphatic carbocycles. The number of hydrogen-bond acceptors (Lipinski definition) is 2. The highest BCUT2D eigenvalue weighted by molar-refractivity contribution is 5.97. The summed E-state index contributed by atoms with van der Waals surface area (Å²) in [4.78, 5) is 24.5. The lowest BCUT2D eigenvalue weighted by Gasteiger charge is -2.37. The van der Waals surface area contributed by atoms with Crippen LogP contribution in [0, 0.1) is 5.92 Å². The van der Waals surface area contributed by atoms with Crippen molar-refractivity contribution in [3.05, 3.63) is 35.9 Å². The van der Waals surface area contributed by atoms with Gasteiger partial charge in [-0.2, -0.15) is 13.2 Å². The molecule has 7 heteroatoms. The van der Waals surface area contributed by atoms with Crippen LogP contribution in [0.4, 0.5) is 13.2 Å². The molecule has 2 N–H and O–H groups in total. The van der Waals surface area contributed by atoms with Gasteiger partial charge in [0.1, 0.15) is 11.5 Å². The van der Waals surface area contributed by atoms with Crippen molar-refractivity contribution in [2.45, 2.75) is 43.3 Å². The molecule has 2 fully saturated rings. The topological polar surface area (TPSA) is 58.2 Å². The molecule has 2 atom stereocenters. The Morgan fingerprint density at radius 3 is 2.38 bits per heavy atom. The number of carbonyl (C=O) groups excluding carboxylic acids is 2. The fourth-order valence-electron chi connectivity index (χ4n) is 3.42. The lowest BCUT2D eigenvalue weighted by molar-refractivity contribution is -0.179. The minimum absolute atomic E-state index is 0.0108. The molecule has 0 spiro atoms. The van der Waals surface area contributed by atoms with Gasteiger partial charge in [-0.25, -0.2) is 0 Å². The van der Waals surface area contributed by atoms with Gasteiger partial charge >= 0.3 is 6.18 Å². The van der Waals surface area contributed by atoms with Crippen LogP contribution in [0.2, 0.25) is 0 Å². The normalized spacial score (nSPS) is 25.7. The molecule has 1 heterocycles. The van der Waals surface area contributed by atoms with Crippen molar-refractivity contribution in [3.8, 4) is 0 Å². The van der Waals surface area contributed by atoms with Crippen LogP contribution in [0.15, 0.2) is 30.3 Å². The van der Waals surface area contributed by atoms with Crippen molar-refractivity contribution in [1.82, 2.24) is 10.6 Å². The van der Waals surface area contributed by atoms with E-state index in [1.54, 1.807) is 30.3 Å². The molecule has 2 unspecified atom stereocenters. The van der Waals surface area contributed by atoms with E-state index in [4.69, 9.17) is 0 Å². The third-order valence-corrected chi connectivity index (χ3v) is 5.07. The summed E-state index contributed by atoms with van der Waals surface area (Å²) in [6, 6.07) is 6.67. The zero-order valence-corrected chi connectivity index (χ0v) is 13.0. The van der Waals surface area contributed by atoms with Crippen molar-refractivity contribution < 1.29 is 22.8 Å². The Labute approximate surface area is 137 Å². The number of amides is 2. The summed E-state index contributed by atoms with van der Waals surface area (Å²) in [6.07, 6.45) is -2.97. The van der Waals surface area contributed by atoms with E-state index in [-0.39, 0.29) is 18.9 Å². The first-order valence-corrected chi connectivity index (χ1v) is 8.03. The third-order valence-electron chi connectivity index (χ3n) is 5.07. The molecular formula is C17H19F3N2O2. The first-order chi connectivity index (χ1) is 11.3. The summed E-state index contributed by atoms with van der Waals surface area (Å²) in [6.45, 7) is 0.0108. The molecule has 0 radical (unpaired) electrons. The van der Waals surface area contributed by atoms with Gasteiger partial charge in [0.05, 0.1) is 0 Å². The average molecular weight is 340 g/mol. The Bertz CT molecular complexity index is 628. The molecule has 1 aromatic rings. The molecule has 4 nitrogen and oxygen atoms in total. The van der Waals surface area contributed by atoms with Gasteiger partial charge in [-0.15, -0.1) is 0 Å². The monoisotopic (exact) mass is 340 g/mol. The number of halogens is 3. The number of rotatable bonds is 4. The first-order valence-electron chi connectivity index (χ1n) is 8.03. The van der Waals surface area contributed by atoms with Crippen LogP contribution in [0.25, 0.3) is 0 Å². The van der Waals surface area contributed by atoms with Gasteiger partial charge in [0.2, 0.25) is 11.8 Å². The largest absolute Gasteiger partial charge is 0.408 e. The van der Waals surface area contributed by atoms with E-state index < -0.39 is 29.5 Å². The van der Waals surface area contributed by atoms with Gasteiger partial charge in [-0.1, -0.05) is 36.8 Å². The molecule has 1 saturated carbocycles. The van der Waals surface area contributed by atoms with Crippen LogP contribution in [-0.2, 0) is 15.0 Å². The Hall–Kier alpha value is -2.05. The van der Waals surface area contributed by atoms with Crippen molar-refractivity contribution in [1.29, 1.82) is 0 Å². The molecule has 0 bridgehead atoms. The summed E-state index contributed by atoms with van der Waals surface area (Å²) >= 11 is 0. The van der Waals surface area contributed by atoms with Crippen LogP contribution in [0.3, 0.4) is 0 Å². The predicted octanol–water partition coefficient (Wildman–Crippen LogP) is 2.29. The number of carbonyl (C=O) groups is 2. The standard InChI is InChI=1S/C17H19F3N2O2/c18-17(19,20)14(11-5-4-6-11)22-15(24)16(9-13(23)21-10-16)12-7-2-1-3-8-12/h1-3,7-8,11,14H,4-6,9-10H2,(H,21,23)(H,22,24). The zero-order chi connectivity index (χ0) is 17.4. The summed E-state index contributed by atoms with van der Waals surface area (Å²) in [7, 11) is 0. The third kappa shape index (κ3) is 2.99. The van der Waals surface area contributed by atoms with Crippen molar-refractivity contribution in [2.75, 3.05) is 6.54 Å². The van der Waals surface area contributed by atoms with E-state index in [0.29, 0.717) is 18.4 Å². The molecule has 1 saturated heterocycles. The summed E-state index contributed by atoms with van der Waals surface area (Å²) in [5.74, 6) is -1.64. The second-order valence-electron chi connectivity index (χ2n) is 6.59. The number of alkyl halides is 3. The van der Waals surface area contributed by atoms with Crippen molar-refractivity contribution in [3.63, 3.8) is 0 Å². The van der Waals surface area contributed by atoms with Crippen LogP contribution >= 0.6 is 0 Å². The molecule has 0 aromatic heterocycles. The van der Waals surface area contributed by atoms with E-state index in [1.807, 2.05) is 0 Å². The maximum Gasteiger partial charge on any atom is 0.408 e. The summed E-state index contributed by atoms with van der Waals surface area (Å²) < 4.78 is 40.0. The second-order valence-corrected chi connectivity index (χ2v) is 6.59. The lowest BCUT2D eigenvalue weighted by atomic mass is 9.76. The molecule has 2 aliphatic rings. The predicted molar refractivity (Wildman–Crippen MR) is 81.1 cm³/mol. The van der Waals surface area contributed by atoms with Gasteiger partial charge in [-0.3, -0.25) is 9.59 Å². The second kappa shape index (κ2) is 6.11. The van der Waals surface area contributed by atoms with Gasteiger partial charge in [0, 0.05) is 13.0 Å². The van der Waals surface area contributed by atoms with Crippen molar-refractivity contribution >= 4 is 11.8 Å². The molecule has 1 aliphatic heterocycles. The van der Waals surface area contributed by atoms with Gasteiger partial charge in [0.15, 0.2) is 0 Å². The van der Waals surface area contributed by atoms with Gasteiger partial charge < -0.3 is 10.6 Å². The van der Waals surface area contributed by atoms with E-state index in [0.717, 1.165) is 6.42 Å². The lowest BCUT2D eigenvalue weighted by Crippen LogP contribution is -2.57.